The topological polar surface area (TPSA) is 77.4 Å². The minimum Gasteiger partial charge on any atom is -0.379 e. The molecule has 24 heavy (non-hydrogen) atoms. The molecule has 2 aromatic rings. The van der Waals surface area contributed by atoms with Gasteiger partial charge < -0.3 is 15.0 Å². The van der Waals surface area contributed by atoms with Gasteiger partial charge in [-0.3, -0.25) is 4.90 Å². The maximum atomic E-state index is 6.42. The fourth-order valence-corrected chi connectivity index (χ4v) is 3.59. The van der Waals surface area contributed by atoms with Gasteiger partial charge in [0, 0.05) is 25.2 Å². The van der Waals surface area contributed by atoms with Gasteiger partial charge in [-0.25, -0.2) is 0 Å². The SMILES string of the molecule is NC1(c2noc(-c3cccc(CN4CCOCC4)c3)n2)CCCC1. The molecule has 6 heteroatoms. The third-order valence-corrected chi connectivity index (χ3v) is 5.05. The second-order valence-corrected chi connectivity index (χ2v) is 6.88. The molecule has 6 nitrogen and oxygen atoms in total. The zero-order valence-corrected chi connectivity index (χ0v) is 13.9. The molecule has 1 aliphatic heterocycles. The third kappa shape index (κ3) is 3.22. The number of ether oxygens (including phenoxy) is 1. The lowest BCUT2D eigenvalue weighted by Crippen LogP contribution is -2.35. The van der Waals surface area contributed by atoms with Crippen LogP contribution in [0, 0.1) is 0 Å². The van der Waals surface area contributed by atoms with Crippen LogP contribution in [0.15, 0.2) is 28.8 Å². The van der Waals surface area contributed by atoms with Crippen LogP contribution in [0.4, 0.5) is 0 Å². The summed E-state index contributed by atoms with van der Waals surface area (Å²) < 4.78 is 10.9. The Morgan fingerprint density at radius 3 is 2.75 bits per heavy atom. The second kappa shape index (κ2) is 6.63. The molecular formula is C18H24N4O2. The molecule has 0 radical (unpaired) electrons. The summed E-state index contributed by atoms with van der Waals surface area (Å²) in [5.74, 6) is 1.21. The van der Waals surface area contributed by atoms with E-state index >= 15 is 0 Å². The predicted molar refractivity (Wildman–Crippen MR) is 90.2 cm³/mol. The van der Waals surface area contributed by atoms with Crippen molar-refractivity contribution in [3.63, 3.8) is 0 Å². The summed E-state index contributed by atoms with van der Waals surface area (Å²) in [6, 6.07) is 8.32. The number of hydrogen-bond acceptors (Lipinski definition) is 6. The summed E-state index contributed by atoms with van der Waals surface area (Å²) in [5.41, 5.74) is 8.22. The Bertz CT molecular complexity index is 688. The Morgan fingerprint density at radius 2 is 1.96 bits per heavy atom. The highest BCUT2D eigenvalue weighted by atomic mass is 16.5. The molecule has 1 saturated heterocycles. The zero-order chi connectivity index (χ0) is 16.4. The van der Waals surface area contributed by atoms with Crippen LogP contribution in [0.5, 0.6) is 0 Å². The third-order valence-electron chi connectivity index (χ3n) is 5.05. The summed E-state index contributed by atoms with van der Waals surface area (Å²) in [6.45, 7) is 4.49. The molecule has 1 aliphatic carbocycles. The van der Waals surface area contributed by atoms with Crippen LogP contribution in [0.2, 0.25) is 0 Å². The fraction of sp³-hybridized carbons (Fsp3) is 0.556. The number of nitrogens with zero attached hydrogens (tertiary/aromatic N) is 3. The molecule has 2 N–H and O–H groups in total. The van der Waals surface area contributed by atoms with Crippen molar-refractivity contribution in [2.24, 2.45) is 5.73 Å². The zero-order valence-electron chi connectivity index (χ0n) is 13.9. The van der Waals surface area contributed by atoms with Gasteiger partial charge in [0.05, 0.1) is 18.8 Å². The number of morpholine rings is 1. The highest BCUT2D eigenvalue weighted by Crippen LogP contribution is 2.35. The molecule has 0 atom stereocenters. The minimum absolute atomic E-state index is 0.410. The van der Waals surface area contributed by atoms with E-state index in [4.69, 9.17) is 15.0 Å². The lowest BCUT2D eigenvalue weighted by Gasteiger charge is -2.26. The first kappa shape index (κ1) is 15.7. The van der Waals surface area contributed by atoms with E-state index in [1.807, 2.05) is 12.1 Å². The summed E-state index contributed by atoms with van der Waals surface area (Å²) in [4.78, 5) is 6.98. The number of aromatic nitrogens is 2. The Hall–Kier alpha value is -1.76. The lowest BCUT2D eigenvalue weighted by atomic mass is 9.98. The minimum atomic E-state index is -0.410. The Kier molecular flexibility index (Phi) is 4.35. The maximum Gasteiger partial charge on any atom is 0.258 e. The van der Waals surface area contributed by atoms with Crippen molar-refractivity contribution in [2.75, 3.05) is 26.3 Å². The molecule has 2 heterocycles. The van der Waals surface area contributed by atoms with E-state index in [1.165, 1.54) is 5.56 Å². The number of benzene rings is 1. The standard InChI is InChI=1S/C18H24N4O2/c19-18(6-1-2-7-18)17-20-16(24-21-17)15-5-3-4-14(12-15)13-22-8-10-23-11-9-22/h3-5,12H,1-2,6-11,13,19H2. The highest BCUT2D eigenvalue weighted by Gasteiger charge is 2.36. The molecule has 2 fully saturated rings. The number of hydrogen-bond donors (Lipinski definition) is 1. The molecule has 4 rings (SSSR count). The molecule has 2 aliphatic rings. The summed E-state index contributed by atoms with van der Waals surface area (Å²) >= 11 is 0. The van der Waals surface area contributed by atoms with Crippen molar-refractivity contribution in [3.05, 3.63) is 35.7 Å². The monoisotopic (exact) mass is 328 g/mol. The lowest BCUT2D eigenvalue weighted by molar-refractivity contribution is 0.0342. The first-order valence-electron chi connectivity index (χ1n) is 8.75. The Morgan fingerprint density at radius 1 is 1.17 bits per heavy atom. The molecule has 1 aromatic carbocycles. The summed E-state index contributed by atoms with van der Waals surface area (Å²) in [7, 11) is 0. The van der Waals surface area contributed by atoms with Crippen LogP contribution in [0.25, 0.3) is 11.5 Å². The Balaban J connectivity index is 1.52. The molecule has 0 amide bonds. The number of rotatable bonds is 4. The van der Waals surface area contributed by atoms with Crippen molar-refractivity contribution >= 4 is 0 Å². The van der Waals surface area contributed by atoms with E-state index in [9.17, 15) is 0 Å². The number of nitrogens with two attached hydrogens (primary N) is 1. The smallest absolute Gasteiger partial charge is 0.258 e. The van der Waals surface area contributed by atoms with Gasteiger partial charge in [-0.1, -0.05) is 30.1 Å². The van der Waals surface area contributed by atoms with Crippen molar-refractivity contribution in [3.8, 4) is 11.5 Å². The first-order valence-corrected chi connectivity index (χ1v) is 8.75. The van der Waals surface area contributed by atoms with Gasteiger partial charge >= 0.3 is 0 Å². The predicted octanol–water partition coefficient (Wildman–Crippen LogP) is 2.30. The van der Waals surface area contributed by atoms with Crippen LogP contribution >= 0.6 is 0 Å². The Labute approximate surface area is 142 Å². The molecule has 0 unspecified atom stereocenters. The van der Waals surface area contributed by atoms with Crippen molar-refractivity contribution in [1.29, 1.82) is 0 Å². The molecule has 1 saturated carbocycles. The summed E-state index contributed by atoms with van der Waals surface area (Å²) in [5, 5.41) is 4.15. The highest BCUT2D eigenvalue weighted by molar-refractivity contribution is 5.54. The van der Waals surface area contributed by atoms with E-state index in [-0.39, 0.29) is 0 Å². The van der Waals surface area contributed by atoms with Crippen LogP contribution in [-0.2, 0) is 16.8 Å². The van der Waals surface area contributed by atoms with Crippen LogP contribution in [-0.4, -0.2) is 41.3 Å². The largest absolute Gasteiger partial charge is 0.379 e. The van der Waals surface area contributed by atoms with Crippen LogP contribution < -0.4 is 5.73 Å². The average molecular weight is 328 g/mol. The van der Waals surface area contributed by atoms with E-state index in [1.54, 1.807) is 0 Å². The van der Waals surface area contributed by atoms with Gasteiger partial charge in [0.1, 0.15) is 0 Å². The van der Waals surface area contributed by atoms with Gasteiger partial charge in [0.15, 0.2) is 5.82 Å². The van der Waals surface area contributed by atoms with Gasteiger partial charge in [-0.05, 0) is 30.5 Å². The van der Waals surface area contributed by atoms with E-state index in [0.717, 1.165) is 64.1 Å². The average Bonchev–Trinajstić information content (AvgIpc) is 3.26. The van der Waals surface area contributed by atoms with Gasteiger partial charge in [0.2, 0.25) is 0 Å². The van der Waals surface area contributed by atoms with Crippen LogP contribution in [0.1, 0.15) is 37.1 Å². The van der Waals surface area contributed by atoms with E-state index < -0.39 is 5.54 Å². The van der Waals surface area contributed by atoms with Gasteiger partial charge in [0.25, 0.3) is 5.89 Å². The molecule has 128 valence electrons. The van der Waals surface area contributed by atoms with E-state index in [0.29, 0.717) is 11.7 Å². The van der Waals surface area contributed by atoms with Crippen molar-refractivity contribution < 1.29 is 9.26 Å². The maximum absolute atomic E-state index is 6.42. The molecule has 0 spiro atoms. The second-order valence-electron chi connectivity index (χ2n) is 6.88. The van der Waals surface area contributed by atoms with Gasteiger partial charge in [-0.15, -0.1) is 0 Å². The first-order chi connectivity index (χ1) is 11.7. The van der Waals surface area contributed by atoms with Crippen molar-refractivity contribution in [2.45, 2.75) is 37.8 Å². The molecule has 1 aromatic heterocycles. The fourth-order valence-electron chi connectivity index (χ4n) is 3.59. The van der Waals surface area contributed by atoms with Gasteiger partial charge in [-0.2, -0.15) is 4.98 Å². The normalized spacial score (nSPS) is 21.2. The quantitative estimate of drug-likeness (QED) is 0.928. The molecule has 0 bridgehead atoms. The van der Waals surface area contributed by atoms with Crippen molar-refractivity contribution in [1.82, 2.24) is 15.0 Å². The van der Waals surface area contributed by atoms with E-state index in [2.05, 4.69) is 27.2 Å². The van der Waals surface area contributed by atoms with Crippen LogP contribution in [0.3, 0.4) is 0 Å². The molecular weight excluding hydrogens is 304 g/mol. The summed E-state index contributed by atoms with van der Waals surface area (Å²) in [6.07, 6.45) is 4.14.